The number of benzene rings is 2. The van der Waals surface area contributed by atoms with Crippen LogP contribution in [0.3, 0.4) is 0 Å². The lowest BCUT2D eigenvalue weighted by Crippen LogP contribution is -2.25. The summed E-state index contributed by atoms with van der Waals surface area (Å²) in [6, 6.07) is 18.5. The topological polar surface area (TPSA) is 77.0 Å². The minimum absolute atomic E-state index is 0.0190. The molecule has 5 nitrogen and oxygen atoms in total. The summed E-state index contributed by atoms with van der Waals surface area (Å²) in [7, 11) is 0. The van der Waals surface area contributed by atoms with Crippen LogP contribution >= 0.6 is 11.8 Å². The Morgan fingerprint density at radius 2 is 1.85 bits per heavy atom. The van der Waals surface area contributed by atoms with Crippen LogP contribution < -0.4 is 4.90 Å². The Bertz CT molecular complexity index is 1090. The van der Waals surface area contributed by atoms with Crippen molar-refractivity contribution in [1.29, 1.82) is 5.26 Å². The number of carbonyl (C=O) groups is 2. The number of hydrogen-bond acceptors (Lipinski definition) is 4. The quantitative estimate of drug-likeness (QED) is 0.437. The molecule has 1 fully saturated rings. The van der Waals surface area contributed by atoms with E-state index in [4.69, 9.17) is 0 Å². The molecule has 0 radical (unpaired) electrons. The second-order valence-corrected chi connectivity index (χ2v) is 6.69. The highest BCUT2D eigenvalue weighted by atomic mass is 32.2. The van der Waals surface area contributed by atoms with E-state index in [2.05, 4.69) is 4.98 Å². The number of ketones is 1. The molecule has 1 N–H and O–H groups in total. The van der Waals surface area contributed by atoms with Crippen LogP contribution in [0.15, 0.2) is 71.4 Å². The summed E-state index contributed by atoms with van der Waals surface area (Å²) < 4.78 is 0. The Morgan fingerprint density at radius 1 is 1.12 bits per heavy atom. The van der Waals surface area contributed by atoms with Crippen molar-refractivity contribution >= 4 is 40.0 Å². The number of para-hydroxylation sites is 2. The number of nitrogens with one attached hydrogen (secondary N) is 1. The number of amides is 1. The Kier molecular flexibility index (Phi) is 4.07. The summed E-state index contributed by atoms with van der Waals surface area (Å²) >= 11 is 1.22. The first-order valence-electron chi connectivity index (χ1n) is 7.96. The number of allylic oxidation sites excluding steroid dienone is 1. The van der Waals surface area contributed by atoms with E-state index in [1.54, 1.807) is 18.3 Å². The van der Waals surface area contributed by atoms with Crippen LogP contribution in [-0.2, 0) is 4.79 Å². The molecule has 2 aromatic carbocycles. The standard InChI is InChI=1S/C20H13N3O2S/c21-10-15(19(25)16-11-22-17-9-5-4-8-14(16)17)20-23(18(24)12-26-20)13-6-2-1-3-7-13/h1-9,11,22H,12H2/b20-15+. The number of aromatic amines is 1. The minimum Gasteiger partial charge on any atom is -0.360 e. The average molecular weight is 359 g/mol. The summed E-state index contributed by atoms with van der Waals surface area (Å²) in [5.74, 6) is -0.324. The van der Waals surface area contributed by atoms with Crippen LogP contribution in [0.25, 0.3) is 10.9 Å². The van der Waals surface area contributed by atoms with Gasteiger partial charge in [0.05, 0.1) is 5.75 Å². The molecule has 0 aliphatic carbocycles. The molecule has 0 atom stereocenters. The first kappa shape index (κ1) is 16.2. The summed E-state index contributed by atoms with van der Waals surface area (Å²) in [4.78, 5) is 29.9. The fourth-order valence-electron chi connectivity index (χ4n) is 2.98. The molecule has 3 aromatic rings. The third-order valence-corrected chi connectivity index (χ3v) is 5.24. The van der Waals surface area contributed by atoms with E-state index in [1.165, 1.54) is 16.7 Å². The number of anilines is 1. The Morgan fingerprint density at radius 3 is 2.62 bits per heavy atom. The molecular weight excluding hydrogens is 346 g/mol. The number of rotatable bonds is 3. The molecule has 0 unspecified atom stereocenters. The van der Waals surface area contributed by atoms with Crippen molar-refractivity contribution in [3.63, 3.8) is 0 Å². The van der Waals surface area contributed by atoms with E-state index in [0.29, 0.717) is 16.3 Å². The third kappa shape index (κ3) is 2.59. The number of hydrogen-bond donors (Lipinski definition) is 1. The normalized spacial score (nSPS) is 16.0. The van der Waals surface area contributed by atoms with Crippen molar-refractivity contribution in [3.8, 4) is 6.07 Å². The van der Waals surface area contributed by atoms with Crippen LogP contribution in [0.1, 0.15) is 10.4 Å². The first-order chi connectivity index (χ1) is 12.7. The van der Waals surface area contributed by atoms with E-state index < -0.39 is 0 Å². The fraction of sp³-hybridized carbons (Fsp3) is 0.0500. The molecule has 1 saturated heterocycles. The number of carbonyl (C=O) groups excluding carboxylic acids is 2. The molecule has 26 heavy (non-hydrogen) atoms. The maximum absolute atomic E-state index is 13.1. The molecule has 1 amide bonds. The molecule has 1 aromatic heterocycles. The van der Waals surface area contributed by atoms with E-state index >= 15 is 0 Å². The fourth-order valence-corrected chi connectivity index (χ4v) is 3.99. The number of thioether (sulfide) groups is 1. The molecule has 126 valence electrons. The summed E-state index contributed by atoms with van der Waals surface area (Å²) in [5, 5.41) is 10.8. The maximum atomic E-state index is 13.1. The smallest absolute Gasteiger partial charge is 0.242 e. The lowest BCUT2D eigenvalue weighted by atomic mass is 10.0. The first-order valence-corrected chi connectivity index (χ1v) is 8.95. The molecule has 0 saturated carbocycles. The van der Waals surface area contributed by atoms with Gasteiger partial charge in [-0.1, -0.05) is 48.2 Å². The van der Waals surface area contributed by atoms with Crippen molar-refractivity contribution < 1.29 is 9.59 Å². The third-order valence-electron chi connectivity index (χ3n) is 4.19. The van der Waals surface area contributed by atoms with Gasteiger partial charge in [0, 0.05) is 28.4 Å². The van der Waals surface area contributed by atoms with Gasteiger partial charge in [0.25, 0.3) is 0 Å². The van der Waals surface area contributed by atoms with E-state index in [0.717, 1.165) is 10.9 Å². The minimum atomic E-state index is -0.386. The van der Waals surface area contributed by atoms with Crippen molar-refractivity contribution in [2.75, 3.05) is 10.7 Å². The monoisotopic (exact) mass is 359 g/mol. The Labute approximate surface area is 153 Å². The highest BCUT2D eigenvalue weighted by molar-refractivity contribution is 8.04. The molecular formula is C20H13N3O2S. The SMILES string of the molecule is N#C/C(C(=O)c1c[nH]c2ccccc12)=C1\SCC(=O)N1c1ccccc1. The van der Waals surface area contributed by atoms with Crippen LogP contribution in [-0.4, -0.2) is 22.4 Å². The van der Waals surface area contributed by atoms with E-state index in [-0.39, 0.29) is 23.0 Å². The summed E-state index contributed by atoms with van der Waals surface area (Å²) in [5.41, 5.74) is 1.89. The molecule has 1 aliphatic heterocycles. The van der Waals surface area contributed by atoms with Gasteiger partial charge in [-0.2, -0.15) is 5.26 Å². The zero-order chi connectivity index (χ0) is 18.1. The second kappa shape index (κ2) is 6.54. The highest BCUT2D eigenvalue weighted by Crippen LogP contribution is 2.37. The van der Waals surface area contributed by atoms with Crippen LogP contribution in [0, 0.1) is 11.3 Å². The van der Waals surface area contributed by atoms with E-state index in [9.17, 15) is 14.9 Å². The Hall–Kier alpha value is -3.30. The van der Waals surface area contributed by atoms with Gasteiger partial charge in [0.1, 0.15) is 16.7 Å². The molecule has 1 aliphatic rings. The van der Waals surface area contributed by atoms with Crippen molar-refractivity contribution in [1.82, 2.24) is 4.98 Å². The van der Waals surface area contributed by atoms with Crippen LogP contribution in [0.5, 0.6) is 0 Å². The number of nitrogens with zero attached hydrogens (tertiary/aromatic N) is 2. The zero-order valence-electron chi connectivity index (χ0n) is 13.6. The van der Waals surface area contributed by atoms with Gasteiger partial charge in [-0.3, -0.25) is 14.5 Å². The van der Waals surface area contributed by atoms with Gasteiger partial charge < -0.3 is 4.98 Å². The number of aromatic nitrogens is 1. The predicted molar refractivity (Wildman–Crippen MR) is 102 cm³/mol. The lowest BCUT2D eigenvalue weighted by molar-refractivity contribution is -0.115. The number of fused-ring (bicyclic) bond motifs is 1. The van der Waals surface area contributed by atoms with Crippen LogP contribution in [0.4, 0.5) is 5.69 Å². The van der Waals surface area contributed by atoms with Gasteiger partial charge in [0.15, 0.2) is 0 Å². The Balaban J connectivity index is 1.84. The summed E-state index contributed by atoms with van der Waals surface area (Å²) in [6.45, 7) is 0. The molecule has 6 heteroatoms. The van der Waals surface area contributed by atoms with Gasteiger partial charge in [0.2, 0.25) is 11.7 Å². The van der Waals surface area contributed by atoms with Gasteiger partial charge in [-0.05, 0) is 18.2 Å². The van der Waals surface area contributed by atoms with Crippen molar-refractivity contribution in [2.45, 2.75) is 0 Å². The number of nitriles is 1. The van der Waals surface area contributed by atoms with Gasteiger partial charge in [-0.15, -0.1) is 0 Å². The average Bonchev–Trinajstić information content (AvgIpc) is 3.27. The predicted octanol–water partition coefficient (Wildman–Crippen LogP) is 3.87. The van der Waals surface area contributed by atoms with Gasteiger partial charge in [-0.25, -0.2) is 0 Å². The number of Topliss-reactive ketones (excluding diaryl/α,β-unsaturated/α-hetero) is 1. The molecule has 2 heterocycles. The largest absolute Gasteiger partial charge is 0.360 e. The molecule has 0 spiro atoms. The van der Waals surface area contributed by atoms with Crippen molar-refractivity contribution in [3.05, 3.63) is 77.0 Å². The molecule has 4 rings (SSSR count). The lowest BCUT2D eigenvalue weighted by Gasteiger charge is -2.18. The van der Waals surface area contributed by atoms with Gasteiger partial charge >= 0.3 is 0 Å². The van der Waals surface area contributed by atoms with E-state index in [1.807, 2.05) is 48.5 Å². The number of H-pyrrole nitrogens is 1. The highest BCUT2D eigenvalue weighted by Gasteiger charge is 2.33. The summed E-state index contributed by atoms with van der Waals surface area (Å²) in [6.07, 6.45) is 1.61. The zero-order valence-corrected chi connectivity index (χ0v) is 14.4. The molecule has 0 bridgehead atoms. The van der Waals surface area contributed by atoms with Crippen LogP contribution in [0.2, 0.25) is 0 Å². The second-order valence-electron chi connectivity index (χ2n) is 5.72. The van der Waals surface area contributed by atoms with Crippen molar-refractivity contribution in [2.24, 2.45) is 0 Å². The maximum Gasteiger partial charge on any atom is 0.242 e.